The zero-order chi connectivity index (χ0) is 20.7. The van der Waals surface area contributed by atoms with Crippen molar-refractivity contribution in [3.63, 3.8) is 0 Å². The maximum Gasteiger partial charge on any atom is 0.255 e. The van der Waals surface area contributed by atoms with Crippen LogP contribution in [-0.2, 0) is 22.7 Å². The lowest BCUT2D eigenvalue weighted by molar-refractivity contribution is -0.133. The van der Waals surface area contributed by atoms with E-state index in [0.717, 1.165) is 22.0 Å². The Morgan fingerprint density at radius 3 is 2.83 bits per heavy atom. The molecule has 1 saturated carbocycles. The van der Waals surface area contributed by atoms with Gasteiger partial charge in [0.25, 0.3) is 5.91 Å². The summed E-state index contributed by atoms with van der Waals surface area (Å²) in [4.78, 5) is 42.7. The van der Waals surface area contributed by atoms with Crippen LogP contribution >= 0.6 is 0 Å². The topological polar surface area (TPSA) is 76.6 Å². The van der Waals surface area contributed by atoms with Crippen molar-refractivity contribution in [2.75, 3.05) is 0 Å². The van der Waals surface area contributed by atoms with Gasteiger partial charge in [0, 0.05) is 29.1 Å². The van der Waals surface area contributed by atoms with E-state index in [0.29, 0.717) is 37.3 Å². The number of carbonyl (C=O) groups is 3. The summed E-state index contributed by atoms with van der Waals surface area (Å²) in [5.74, 6) is 0.267. The molecule has 6 nitrogen and oxygen atoms in total. The summed E-state index contributed by atoms with van der Waals surface area (Å²) in [6.07, 6.45) is 2.43. The number of benzene rings is 2. The zero-order valence-corrected chi connectivity index (χ0v) is 16.3. The summed E-state index contributed by atoms with van der Waals surface area (Å²) in [5.41, 5.74) is 3.31. The molecular weight excluding hydrogens is 380 g/mol. The maximum atomic E-state index is 12.9. The Hall–Kier alpha value is -3.54. The van der Waals surface area contributed by atoms with Gasteiger partial charge in [0.1, 0.15) is 18.1 Å². The number of amides is 1. The molecule has 0 spiro atoms. The lowest BCUT2D eigenvalue weighted by Crippen LogP contribution is -2.44. The van der Waals surface area contributed by atoms with Gasteiger partial charge in [0.2, 0.25) is 0 Å². The van der Waals surface area contributed by atoms with Crippen LogP contribution in [0.5, 0.6) is 5.75 Å². The van der Waals surface area contributed by atoms with E-state index in [2.05, 4.69) is 4.98 Å². The van der Waals surface area contributed by atoms with Crippen LogP contribution in [0.3, 0.4) is 0 Å². The molecule has 1 aliphatic carbocycles. The Kier molecular flexibility index (Phi) is 4.54. The number of hydrogen-bond acceptors (Lipinski definition) is 5. The highest BCUT2D eigenvalue weighted by Gasteiger charge is 2.39. The van der Waals surface area contributed by atoms with E-state index >= 15 is 0 Å². The minimum atomic E-state index is -0.525. The van der Waals surface area contributed by atoms with Crippen molar-refractivity contribution < 1.29 is 19.1 Å². The molecule has 0 N–H and O–H groups in total. The minimum Gasteiger partial charge on any atom is -0.489 e. The first-order chi connectivity index (χ1) is 14.6. The van der Waals surface area contributed by atoms with Gasteiger partial charge in [-0.2, -0.15) is 0 Å². The van der Waals surface area contributed by atoms with Gasteiger partial charge < -0.3 is 9.64 Å². The van der Waals surface area contributed by atoms with Crippen LogP contribution in [0.25, 0.3) is 10.9 Å². The van der Waals surface area contributed by atoms with Gasteiger partial charge in [-0.05, 0) is 42.3 Å². The summed E-state index contributed by atoms with van der Waals surface area (Å²) in [7, 11) is 0. The van der Waals surface area contributed by atoms with Gasteiger partial charge in [-0.15, -0.1) is 0 Å². The fourth-order valence-electron chi connectivity index (χ4n) is 4.28. The van der Waals surface area contributed by atoms with Crippen LogP contribution in [0.2, 0.25) is 0 Å². The second-order valence-electron chi connectivity index (χ2n) is 7.77. The van der Waals surface area contributed by atoms with Gasteiger partial charge in [0.15, 0.2) is 5.78 Å². The average Bonchev–Trinajstić information content (AvgIpc) is 3.09. The molecule has 3 aromatic rings. The molecule has 0 bridgehead atoms. The van der Waals surface area contributed by atoms with Crippen molar-refractivity contribution in [1.82, 2.24) is 9.88 Å². The highest BCUT2D eigenvalue weighted by Crippen LogP contribution is 2.34. The lowest BCUT2D eigenvalue weighted by Gasteiger charge is -2.29. The lowest BCUT2D eigenvalue weighted by atomic mass is 9.92. The number of nitrogens with zero attached hydrogens (tertiary/aromatic N) is 2. The first-order valence-corrected chi connectivity index (χ1v) is 10.0. The Labute approximate surface area is 173 Å². The fourth-order valence-corrected chi connectivity index (χ4v) is 4.28. The molecule has 1 amide bonds. The number of rotatable bonds is 4. The van der Waals surface area contributed by atoms with Gasteiger partial charge in [-0.1, -0.05) is 18.2 Å². The maximum absolute atomic E-state index is 12.9. The Bertz CT molecular complexity index is 1190. The van der Waals surface area contributed by atoms with E-state index in [1.807, 2.05) is 36.4 Å². The molecule has 2 aromatic carbocycles. The van der Waals surface area contributed by atoms with Crippen molar-refractivity contribution in [2.24, 2.45) is 0 Å². The number of Topliss-reactive ketones (excluding diaryl/α,β-unsaturated/α-hetero) is 2. The molecule has 1 aromatic heterocycles. The van der Waals surface area contributed by atoms with E-state index in [4.69, 9.17) is 4.74 Å². The zero-order valence-electron chi connectivity index (χ0n) is 16.3. The Balaban J connectivity index is 1.36. The smallest absolute Gasteiger partial charge is 0.255 e. The summed E-state index contributed by atoms with van der Waals surface area (Å²) >= 11 is 0. The molecule has 1 fully saturated rings. The number of aromatic nitrogens is 1. The van der Waals surface area contributed by atoms with Gasteiger partial charge in [-0.3, -0.25) is 19.4 Å². The SMILES string of the molecule is O=C1CCC(N2Cc3c(OCc4ccc5ncccc5c4)cccc3C2=O)C(=O)C1. The van der Waals surface area contributed by atoms with Crippen molar-refractivity contribution in [2.45, 2.75) is 38.5 Å². The molecule has 2 aliphatic rings. The summed E-state index contributed by atoms with van der Waals surface area (Å²) in [6.45, 7) is 0.697. The average molecular weight is 400 g/mol. The van der Waals surface area contributed by atoms with Crippen molar-refractivity contribution in [3.8, 4) is 5.75 Å². The largest absolute Gasteiger partial charge is 0.489 e. The van der Waals surface area contributed by atoms with Crippen LogP contribution in [-0.4, -0.2) is 33.4 Å². The van der Waals surface area contributed by atoms with Crippen LogP contribution < -0.4 is 4.74 Å². The molecule has 1 unspecified atom stereocenters. The quantitative estimate of drug-likeness (QED) is 0.627. The minimum absolute atomic E-state index is 0.0463. The molecule has 0 radical (unpaired) electrons. The third kappa shape index (κ3) is 3.24. The van der Waals surface area contributed by atoms with Crippen LogP contribution in [0.4, 0.5) is 0 Å². The predicted molar refractivity (Wildman–Crippen MR) is 110 cm³/mol. The summed E-state index contributed by atoms with van der Waals surface area (Å²) in [5, 5.41) is 1.05. The third-order valence-corrected chi connectivity index (χ3v) is 5.83. The van der Waals surface area contributed by atoms with Crippen molar-refractivity contribution in [3.05, 3.63) is 71.4 Å². The van der Waals surface area contributed by atoms with E-state index in [1.165, 1.54) is 0 Å². The fraction of sp³-hybridized carbons (Fsp3) is 0.250. The first-order valence-electron chi connectivity index (χ1n) is 10.0. The molecule has 2 heterocycles. The highest BCUT2D eigenvalue weighted by molar-refractivity contribution is 6.07. The standard InChI is InChI=1S/C24H20N2O4/c27-17-7-9-21(22(28)12-17)26-13-19-18(24(26)29)4-1-5-23(19)30-14-15-6-8-20-16(11-15)3-2-10-25-20/h1-6,8,10-11,21H,7,9,12-14H2. The number of ether oxygens (including phenoxy) is 1. The third-order valence-electron chi connectivity index (χ3n) is 5.83. The molecule has 1 atom stereocenters. The van der Waals surface area contributed by atoms with Gasteiger partial charge in [-0.25, -0.2) is 0 Å². The molecule has 5 rings (SSSR count). The molecule has 1 aliphatic heterocycles. The first kappa shape index (κ1) is 18.5. The van der Waals surface area contributed by atoms with Crippen molar-refractivity contribution in [1.29, 1.82) is 0 Å². The van der Waals surface area contributed by atoms with E-state index < -0.39 is 6.04 Å². The second kappa shape index (κ2) is 7.37. The molecule has 150 valence electrons. The number of ketones is 2. The number of pyridine rings is 1. The summed E-state index contributed by atoms with van der Waals surface area (Å²) in [6, 6.07) is 14.8. The molecule has 0 saturated heterocycles. The van der Waals surface area contributed by atoms with Crippen LogP contribution in [0.1, 0.15) is 40.7 Å². The normalized spacial score (nSPS) is 18.7. The molecular formula is C24H20N2O4. The Morgan fingerprint density at radius 2 is 1.97 bits per heavy atom. The Morgan fingerprint density at radius 1 is 1.07 bits per heavy atom. The van der Waals surface area contributed by atoms with E-state index in [1.54, 1.807) is 23.2 Å². The van der Waals surface area contributed by atoms with Gasteiger partial charge >= 0.3 is 0 Å². The predicted octanol–water partition coefficient (Wildman–Crippen LogP) is 3.46. The van der Waals surface area contributed by atoms with E-state index in [9.17, 15) is 14.4 Å². The number of carbonyl (C=O) groups excluding carboxylic acids is 3. The number of fused-ring (bicyclic) bond motifs is 2. The van der Waals surface area contributed by atoms with Crippen LogP contribution in [0, 0.1) is 0 Å². The van der Waals surface area contributed by atoms with Crippen molar-refractivity contribution >= 4 is 28.4 Å². The summed E-state index contributed by atoms with van der Waals surface area (Å²) < 4.78 is 6.07. The highest BCUT2D eigenvalue weighted by atomic mass is 16.5. The molecule has 6 heteroatoms. The second-order valence-corrected chi connectivity index (χ2v) is 7.77. The van der Waals surface area contributed by atoms with Gasteiger partial charge in [0.05, 0.1) is 24.5 Å². The molecule has 30 heavy (non-hydrogen) atoms. The van der Waals surface area contributed by atoms with E-state index in [-0.39, 0.29) is 23.9 Å². The van der Waals surface area contributed by atoms with Crippen LogP contribution in [0.15, 0.2) is 54.7 Å². The monoisotopic (exact) mass is 400 g/mol. The number of hydrogen-bond donors (Lipinski definition) is 0.